The van der Waals surface area contributed by atoms with Gasteiger partial charge in [-0.1, -0.05) is 12.1 Å². The van der Waals surface area contributed by atoms with Crippen molar-refractivity contribution in [2.24, 2.45) is 5.92 Å². The Kier molecular flexibility index (Phi) is 7.41. The molecule has 0 saturated carbocycles. The molecule has 0 spiro atoms. The minimum absolute atomic E-state index is 0.0103. The molecule has 1 aliphatic heterocycles. The summed E-state index contributed by atoms with van der Waals surface area (Å²) in [5, 5.41) is 5.86. The van der Waals surface area contributed by atoms with Gasteiger partial charge in [-0.15, -0.1) is 0 Å². The summed E-state index contributed by atoms with van der Waals surface area (Å²) >= 11 is 0. The van der Waals surface area contributed by atoms with Crippen LogP contribution in [0.2, 0.25) is 0 Å². The molecule has 1 saturated heterocycles. The smallest absolute Gasteiger partial charge is 0.241 e. The highest BCUT2D eigenvalue weighted by atomic mass is 16.5. The van der Waals surface area contributed by atoms with Crippen LogP contribution in [0.25, 0.3) is 0 Å². The zero-order valence-electron chi connectivity index (χ0n) is 18.2. The molecule has 0 aliphatic carbocycles. The number of ether oxygens (including phenoxy) is 1. The highest BCUT2D eigenvalue weighted by molar-refractivity contribution is 5.97. The van der Waals surface area contributed by atoms with Crippen LogP contribution in [0, 0.1) is 5.92 Å². The maximum atomic E-state index is 12.7. The zero-order chi connectivity index (χ0) is 22.4. The van der Waals surface area contributed by atoms with Crippen LogP contribution in [0.15, 0.2) is 48.5 Å². The fraction of sp³-hybridized carbons (Fsp3) is 0.375. The number of Topliss-reactive ketones (excluding diaryl/α,β-unsaturated/α-hetero) is 1. The molecule has 0 radical (unpaired) electrons. The molecule has 1 unspecified atom stereocenters. The van der Waals surface area contributed by atoms with Gasteiger partial charge >= 0.3 is 0 Å². The Balaban J connectivity index is 1.50. The normalized spacial score (nSPS) is 15.7. The van der Waals surface area contributed by atoms with Crippen LogP contribution in [0.3, 0.4) is 0 Å². The van der Waals surface area contributed by atoms with Gasteiger partial charge in [-0.25, -0.2) is 0 Å². The van der Waals surface area contributed by atoms with Gasteiger partial charge in [0, 0.05) is 17.2 Å². The molecule has 2 aromatic carbocycles. The lowest BCUT2D eigenvalue weighted by molar-refractivity contribution is -0.123. The molecule has 3 rings (SSSR count). The average Bonchev–Trinajstić information content (AvgIpc) is 2.79. The van der Waals surface area contributed by atoms with E-state index in [1.54, 1.807) is 31.4 Å². The van der Waals surface area contributed by atoms with Crippen molar-refractivity contribution in [1.82, 2.24) is 4.90 Å². The van der Waals surface area contributed by atoms with E-state index in [4.69, 9.17) is 4.74 Å². The van der Waals surface area contributed by atoms with Gasteiger partial charge in [0.25, 0.3) is 0 Å². The molecule has 164 valence electrons. The fourth-order valence-electron chi connectivity index (χ4n) is 3.73. The Labute approximate surface area is 182 Å². The molecule has 7 heteroatoms. The van der Waals surface area contributed by atoms with Gasteiger partial charge in [-0.3, -0.25) is 19.3 Å². The van der Waals surface area contributed by atoms with E-state index >= 15 is 0 Å². The molecule has 0 bridgehead atoms. The number of benzene rings is 2. The number of anilines is 2. The van der Waals surface area contributed by atoms with E-state index in [0.29, 0.717) is 48.6 Å². The number of likely N-dealkylation sites (tertiary alicyclic amines) is 1. The number of ketones is 1. The number of hydrogen-bond donors (Lipinski definition) is 2. The number of piperidine rings is 1. The van der Waals surface area contributed by atoms with Crippen molar-refractivity contribution in [1.29, 1.82) is 0 Å². The largest absolute Gasteiger partial charge is 0.495 e. The van der Waals surface area contributed by atoms with Gasteiger partial charge in [0.05, 0.1) is 18.8 Å². The Morgan fingerprint density at radius 1 is 1.00 bits per heavy atom. The van der Waals surface area contributed by atoms with Crippen LogP contribution in [0.1, 0.15) is 37.0 Å². The summed E-state index contributed by atoms with van der Waals surface area (Å²) in [7, 11) is 1.58. The maximum absolute atomic E-state index is 12.7. The number of nitrogens with one attached hydrogen (secondary N) is 2. The van der Waals surface area contributed by atoms with Crippen LogP contribution in [-0.2, 0) is 9.59 Å². The third-order valence-corrected chi connectivity index (χ3v) is 5.75. The quantitative estimate of drug-likeness (QED) is 0.665. The predicted molar refractivity (Wildman–Crippen MR) is 120 cm³/mol. The van der Waals surface area contributed by atoms with E-state index in [9.17, 15) is 14.4 Å². The Morgan fingerprint density at radius 2 is 1.65 bits per heavy atom. The summed E-state index contributed by atoms with van der Waals surface area (Å²) in [6.45, 7) is 4.72. The summed E-state index contributed by atoms with van der Waals surface area (Å²) < 4.78 is 5.29. The monoisotopic (exact) mass is 423 g/mol. The molecule has 2 amide bonds. The van der Waals surface area contributed by atoms with E-state index < -0.39 is 0 Å². The minimum Gasteiger partial charge on any atom is -0.495 e. The highest BCUT2D eigenvalue weighted by Gasteiger charge is 2.30. The molecule has 1 fully saturated rings. The minimum atomic E-state index is -0.314. The predicted octanol–water partition coefficient (Wildman–Crippen LogP) is 3.58. The number of hydrogen-bond acceptors (Lipinski definition) is 5. The lowest BCUT2D eigenvalue weighted by Crippen LogP contribution is -2.47. The van der Waals surface area contributed by atoms with Crippen molar-refractivity contribution >= 4 is 29.0 Å². The molecule has 2 N–H and O–H groups in total. The second kappa shape index (κ2) is 10.2. The number of carbonyl (C=O) groups is 3. The van der Waals surface area contributed by atoms with Crippen LogP contribution in [-0.4, -0.2) is 48.7 Å². The van der Waals surface area contributed by atoms with E-state index in [2.05, 4.69) is 15.5 Å². The van der Waals surface area contributed by atoms with Crippen molar-refractivity contribution in [3.05, 3.63) is 54.1 Å². The molecule has 7 nitrogen and oxygen atoms in total. The number of nitrogens with zero attached hydrogens (tertiary/aromatic N) is 1. The van der Waals surface area contributed by atoms with E-state index in [0.717, 1.165) is 0 Å². The van der Waals surface area contributed by atoms with Crippen molar-refractivity contribution in [3.63, 3.8) is 0 Å². The Bertz CT molecular complexity index is 934. The van der Waals surface area contributed by atoms with Gasteiger partial charge in [0.1, 0.15) is 5.75 Å². The number of rotatable bonds is 7. The first-order valence-electron chi connectivity index (χ1n) is 10.5. The third kappa shape index (κ3) is 5.70. The summed E-state index contributed by atoms with van der Waals surface area (Å²) in [6.07, 6.45) is 1.37. The standard InChI is InChI=1S/C24H29N3O4/c1-16(23(29)25-20-10-8-18(9-11-20)17(2)28)27-14-12-19(13-15-27)24(30)26-21-6-4-5-7-22(21)31-3/h4-11,16,19H,12-15H2,1-3H3,(H,25,29)(H,26,30). The van der Waals surface area contributed by atoms with Crippen LogP contribution in [0.4, 0.5) is 11.4 Å². The lowest BCUT2D eigenvalue weighted by atomic mass is 9.94. The van der Waals surface area contributed by atoms with Gasteiger partial charge in [-0.2, -0.15) is 0 Å². The molecule has 0 aromatic heterocycles. The summed E-state index contributed by atoms with van der Waals surface area (Å²) in [5.41, 5.74) is 1.94. The lowest BCUT2D eigenvalue weighted by Gasteiger charge is -2.34. The molecule has 1 atom stereocenters. The van der Waals surface area contributed by atoms with Crippen LogP contribution < -0.4 is 15.4 Å². The Morgan fingerprint density at radius 3 is 2.26 bits per heavy atom. The van der Waals surface area contributed by atoms with Crippen molar-refractivity contribution in [2.75, 3.05) is 30.8 Å². The van der Waals surface area contributed by atoms with Crippen molar-refractivity contribution < 1.29 is 19.1 Å². The molecule has 1 heterocycles. The number of amides is 2. The molecular formula is C24H29N3O4. The summed E-state index contributed by atoms with van der Waals surface area (Å²) in [5.74, 6) is 0.397. The first kappa shape index (κ1) is 22.5. The second-order valence-corrected chi connectivity index (χ2v) is 7.80. The number of methoxy groups -OCH3 is 1. The van der Waals surface area contributed by atoms with E-state index in [1.807, 2.05) is 31.2 Å². The van der Waals surface area contributed by atoms with Gasteiger partial charge in [-0.05, 0) is 76.2 Å². The molecule has 2 aromatic rings. The van der Waals surface area contributed by atoms with E-state index in [-0.39, 0.29) is 29.6 Å². The van der Waals surface area contributed by atoms with Crippen molar-refractivity contribution in [3.8, 4) is 5.75 Å². The van der Waals surface area contributed by atoms with Crippen molar-refractivity contribution in [2.45, 2.75) is 32.7 Å². The number of para-hydroxylation sites is 2. The SMILES string of the molecule is COc1ccccc1NC(=O)C1CCN(C(C)C(=O)Nc2ccc(C(C)=O)cc2)CC1. The van der Waals surface area contributed by atoms with Gasteiger partial charge in [0.15, 0.2) is 5.78 Å². The first-order valence-corrected chi connectivity index (χ1v) is 10.5. The highest BCUT2D eigenvalue weighted by Crippen LogP contribution is 2.26. The third-order valence-electron chi connectivity index (χ3n) is 5.75. The number of carbonyl (C=O) groups excluding carboxylic acids is 3. The Hall–Kier alpha value is -3.19. The van der Waals surface area contributed by atoms with Gasteiger partial charge in [0.2, 0.25) is 11.8 Å². The molecule has 1 aliphatic rings. The summed E-state index contributed by atoms with van der Waals surface area (Å²) in [6, 6.07) is 13.9. The van der Waals surface area contributed by atoms with E-state index in [1.165, 1.54) is 6.92 Å². The average molecular weight is 424 g/mol. The summed E-state index contributed by atoms with van der Waals surface area (Å²) in [4.78, 5) is 38.8. The molecular weight excluding hydrogens is 394 g/mol. The topological polar surface area (TPSA) is 87.7 Å². The van der Waals surface area contributed by atoms with Gasteiger partial charge < -0.3 is 15.4 Å². The molecule has 31 heavy (non-hydrogen) atoms. The second-order valence-electron chi connectivity index (χ2n) is 7.80. The van der Waals surface area contributed by atoms with Crippen LogP contribution in [0.5, 0.6) is 5.75 Å². The first-order chi connectivity index (χ1) is 14.9. The fourth-order valence-corrected chi connectivity index (χ4v) is 3.73. The van der Waals surface area contributed by atoms with Crippen LogP contribution >= 0.6 is 0 Å². The maximum Gasteiger partial charge on any atom is 0.241 e. The zero-order valence-corrected chi connectivity index (χ0v) is 18.2.